The summed E-state index contributed by atoms with van der Waals surface area (Å²) >= 11 is 0. The van der Waals surface area contributed by atoms with E-state index in [9.17, 15) is 0 Å². The van der Waals surface area contributed by atoms with E-state index in [1.54, 1.807) is 0 Å². The monoisotopic (exact) mass is 253 g/mol. The highest BCUT2D eigenvalue weighted by atomic mass is 14.1. The van der Waals surface area contributed by atoms with Gasteiger partial charge in [-0.3, -0.25) is 0 Å². The number of hydrogen-bond donors (Lipinski definition) is 0. The van der Waals surface area contributed by atoms with Gasteiger partial charge < -0.3 is 0 Å². The van der Waals surface area contributed by atoms with Crippen LogP contribution in [0, 0.1) is 12.3 Å². The molecule has 0 aromatic carbocycles. The van der Waals surface area contributed by atoms with Crippen LogP contribution in [-0.4, -0.2) is 0 Å². The predicted octanol–water partition coefficient (Wildman–Crippen LogP) is 6.94. The van der Waals surface area contributed by atoms with E-state index in [4.69, 9.17) is 0 Å². The summed E-state index contributed by atoms with van der Waals surface area (Å²) < 4.78 is 0. The minimum atomic E-state index is 0.920. The van der Waals surface area contributed by atoms with Crippen LogP contribution in [0.15, 0.2) is 0 Å². The second-order valence-electron chi connectivity index (χ2n) is 5.84. The highest BCUT2D eigenvalue weighted by Gasteiger charge is 2.08. The summed E-state index contributed by atoms with van der Waals surface area (Å²) in [5, 5.41) is 0. The van der Waals surface area contributed by atoms with Gasteiger partial charge in [-0.25, -0.2) is 0 Å². The molecule has 1 unspecified atom stereocenters. The van der Waals surface area contributed by atoms with Crippen LogP contribution in [0.4, 0.5) is 0 Å². The number of hydrogen-bond acceptors (Lipinski definition) is 0. The summed E-state index contributed by atoms with van der Waals surface area (Å²) in [4.78, 5) is 0. The first-order chi connectivity index (χ1) is 8.85. The Morgan fingerprint density at radius 2 is 1.17 bits per heavy atom. The van der Waals surface area contributed by atoms with Crippen molar-refractivity contribution in [1.29, 1.82) is 0 Å². The first-order valence-corrected chi connectivity index (χ1v) is 8.68. The van der Waals surface area contributed by atoms with E-state index >= 15 is 0 Å². The predicted molar refractivity (Wildman–Crippen MR) is 84.8 cm³/mol. The van der Waals surface area contributed by atoms with Gasteiger partial charge in [0.1, 0.15) is 0 Å². The molecule has 0 aliphatic carbocycles. The zero-order valence-electron chi connectivity index (χ0n) is 13.3. The Hall–Kier alpha value is 0. The lowest BCUT2D eigenvalue weighted by Gasteiger charge is -2.16. The fourth-order valence-electron chi connectivity index (χ4n) is 2.60. The Labute approximate surface area is 117 Å². The molecule has 0 nitrogen and oxygen atoms in total. The Kier molecular flexibility index (Phi) is 15.1. The van der Waals surface area contributed by atoms with Crippen molar-refractivity contribution in [1.82, 2.24) is 0 Å². The molecule has 0 heterocycles. The number of unbranched alkanes of at least 4 members (excludes halogenated alkanes) is 8. The average Bonchev–Trinajstić information content (AvgIpc) is 2.39. The molecule has 0 spiro atoms. The van der Waals surface area contributed by atoms with Crippen LogP contribution >= 0.6 is 0 Å². The molecule has 0 aromatic heterocycles. The smallest absolute Gasteiger partial charge is 0.0355 e. The van der Waals surface area contributed by atoms with Gasteiger partial charge in [0.05, 0.1) is 0 Å². The van der Waals surface area contributed by atoms with Gasteiger partial charge in [0, 0.05) is 0 Å². The van der Waals surface area contributed by atoms with Gasteiger partial charge >= 0.3 is 0 Å². The van der Waals surface area contributed by atoms with Crippen LogP contribution in [0.3, 0.4) is 0 Å². The fraction of sp³-hybridized carbons (Fsp3) is 0.944. The molecular weight excluding hydrogens is 216 g/mol. The van der Waals surface area contributed by atoms with Gasteiger partial charge in [0.25, 0.3) is 0 Å². The molecule has 109 valence electrons. The minimum Gasteiger partial charge on any atom is -0.0654 e. The molecule has 0 N–H and O–H groups in total. The summed E-state index contributed by atoms with van der Waals surface area (Å²) in [7, 11) is 0. The summed E-state index contributed by atoms with van der Waals surface area (Å²) in [6.07, 6.45) is 21.0. The highest BCUT2D eigenvalue weighted by Crippen LogP contribution is 2.22. The molecule has 0 bridgehead atoms. The van der Waals surface area contributed by atoms with E-state index in [1.165, 1.54) is 83.5 Å². The van der Waals surface area contributed by atoms with Gasteiger partial charge in [-0.1, -0.05) is 97.8 Å². The molecule has 1 radical (unpaired) electrons. The van der Waals surface area contributed by atoms with Gasteiger partial charge in [-0.15, -0.1) is 0 Å². The Morgan fingerprint density at radius 1 is 0.611 bits per heavy atom. The molecule has 0 saturated carbocycles. The summed E-state index contributed by atoms with van der Waals surface area (Å²) in [5.41, 5.74) is 0. The van der Waals surface area contributed by atoms with Gasteiger partial charge in [-0.2, -0.15) is 0 Å². The molecule has 0 amide bonds. The van der Waals surface area contributed by atoms with Gasteiger partial charge in [0.15, 0.2) is 0 Å². The van der Waals surface area contributed by atoms with Crippen molar-refractivity contribution in [2.24, 2.45) is 5.92 Å². The third-order valence-corrected chi connectivity index (χ3v) is 3.91. The maximum atomic E-state index is 2.65. The SMILES string of the molecule is CCCCCC[CH]C(CCCC)CCCCCC. The first-order valence-electron chi connectivity index (χ1n) is 8.68. The lowest BCUT2D eigenvalue weighted by molar-refractivity contribution is 0.443. The third kappa shape index (κ3) is 12.5. The Morgan fingerprint density at radius 3 is 1.78 bits per heavy atom. The van der Waals surface area contributed by atoms with E-state index in [-0.39, 0.29) is 0 Å². The van der Waals surface area contributed by atoms with E-state index < -0.39 is 0 Å². The molecule has 0 saturated heterocycles. The van der Waals surface area contributed by atoms with Crippen molar-refractivity contribution < 1.29 is 0 Å². The van der Waals surface area contributed by atoms with Crippen LogP contribution in [0.5, 0.6) is 0 Å². The third-order valence-electron chi connectivity index (χ3n) is 3.91. The zero-order chi connectivity index (χ0) is 13.5. The van der Waals surface area contributed by atoms with Crippen LogP contribution in [0.1, 0.15) is 104 Å². The summed E-state index contributed by atoms with van der Waals surface area (Å²) in [5.74, 6) is 0.920. The zero-order valence-corrected chi connectivity index (χ0v) is 13.3. The minimum absolute atomic E-state index is 0.920. The van der Waals surface area contributed by atoms with E-state index in [0.717, 1.165) is 5.92 Å². The van der Waals surface area contributed by atoms with Crippen LogP contribution in [-0.2, 0) is 0 Å². The Bertz CT molecular complexity index is 139. The van der Waals surface area contributed by atoms with Crippen LogP contribution in [0.2, 0.25) is 0 Å². The Balaban J connectivity index is 3.56. The van der Waals surface area contributed by atoms with E-state index in [2.05, 4.69) is 27.2 Å². The molecule has 0 aliphatic heterocycles. The molecule has 18 heavy (non-hydrogen) atoms. The molecule has 0 fully saturated rings. The molecule has 0 aromatic rings. The highest BCUT2D eigenvalue weighted by molar-refractivity contribution is 4.76. The van der Waals surface area contributed by atoms with Crippen molar-refractivity contribution in [2.75, 3.05) is 0 Å². The fourth-order valence-corrected chi connectivity index (χ4v) is 2.60. The maximum Gasteiger partial charge on any atom is -0.0355 e. The second kappa shape index (κ2) is 15.1. The molecule has 0 rings (SSSR count). The van der Waals surface area contributed by atoms with Crippen LogP contribution in [0.25, 0.3) is 0 Å². The van der Waals surface area contributed by atoms with E-state index in [0.29, 0.717) is 0 Å². The first kappa shape index (κ1) is 18.0. The topological polar surface area (TPSA) is 0 Å². The maximum absolute atomic E-state index is 2.65. The van der Waals surface area contributed by atoms with Crippen LogP contribution < -0.4 is 0 Å². The van der Waals surface area contributed by atoms with Crippen molar-refractivity contribution in [3.05, 3.63) is 6.42 Å². The van der Waals surface area contributed by atoms with Crippen molar-refractivity contribution in [2.45, 2.75) is 104 Å². The molecule has 0 aliphatic rings. The lowest BCUT2D eigenvalue weighted by atomic mass is 9.90. The lowest BCUT2D eigenvalue weighted by Crippen LogP contribution is -2.02. The standard InChI is InChI=1S/C18H37/c1-4-7-10-12-14-17-18(15-9-6-3)16-13-11-8-5-2/h17-18H,4-16H2,1-3H3. The van der Waals surface area contributed by atoms with Gasteiger partial charge in [-0.05, 0) is 18.8 Å². The quantitative estimate of drug-likeness (QED) is 0.294. The number of rotatable bonds is 14. The van der Waals surface area contributed by atoms with E-state index in [1.807, 2.05) is 0 Å². The van der Waals surface area contributed by atoms with Gasteiger partial charge in [0.2, 0.25) is 0 Å². The van der Waals surface area contributed by atoms with Crippen molar-refractivity contribution in [3.63, 3.8) is 0 Å². The largest absolute Gasteiger partial charge is 0.0654 e. The molecule has 1 atom stereocenters. The molecular formula is C18H37. The summed E-state index contributed by atoms with van der Waals surface area (Å²) in [6.45, 7) is 6.91. The summed E-state index contributed by atoms with van der Waals surface area (Å²) in [6, 6.07) is 0. The molecule has 0 heteroatoms. The average molecular weight is 253 g/mol. The normalized spacial score (nSPS) is 12.8. The second-order valence-corrected chi connectivity index (χ2v) is 5.84. The van der Waals surface area contributed by atoms with Crippen molar-refractivity contribution >= 4 is 0 Å². The van der Waals surface area contributed by atoms with Crippen molar-refractivity contribution in [3.8, 4) is 0 Å².